The molecule has 7 aromatic carbocycles. The topological polar surface area (TPSA) is 50.9 Å². The number of imidazole rings is 1. The summed E-state index contributed by atoms with van der Waals surface area (Å²) in [6.45, 7) is 19.5. The van der Waals surface area contributed by atoms with Crippen LogP contribution in [0.3, 0.4) is 0 Å². The highest BCUT2D eigenvalue weighted by atomic mass is 16.3. The molecule has 0 bridgehead atoms. The molecule has 0 unspecified atom stereocenters. The minimum Gasteiger partial charge on any atom is -0.507 e. The Bertz CT molecular complexity index is 3530. The number of hydrogen-bond acceptors (Lipinski definition) is 3. The van der Waals surface area contributed by atoms with Crippen LogP contribution in [0.15, 0.2) is 164 Å². The van der Waals surface area contributed by atoms with Crippen LogP contribution < -0.4 is 0 Å². The number of aryl methyl sites for hydroxylation is 1. The van der Waals surface area contributed by atoms with E-state index in [9.17, 15) is 6.48 Å². The van der Waals surface area contributed by atoms with E-state index < -0.39 is 12.3 Å². The molecule has 0 fully saturated rings. The van der Waals surface area contributed by atoms with Crippen LogP contribution in [-0.2, 0) is 10.8 Å². The molecule has 0 atom stereocenters. The first-order valence-electron chi connectivity index (χ1n) is 26.4. The lowest BCUT2D eigenvalue weighted by molar-refractivity contribution is 0.446. The molecule has 0 aliphatic carbocycles. The predicted octanol–water partition coefficient (Wildman–Crippen LogP) is 17.3. The maximum Gasteiger partial charge on any atom is 0.149 e. The summed E-state index contributed by atoms with van der Waals surface area (Å²) in [4.78, 5) is 10.3. The third-order valence-corrected chi connectivity index (χ3v) is 12.8. The van der Waals surface area contributed by atoms with Gasteiger partial charge in [-0.3, -0.25) is 9.55 Å². The lowest BCUT2D eigenvalue weighted by atomic mass is 9.78. The van der Waals surface area contributed by atoms with Crippen molar-refractivity contribution in [3.63, 3.8) is 0 Å². The highest BCUT2D eigenvalue weighted by molar-refractivity contribution is 5.98. The standard InChI is InChI=1S/C63H63N3O/c1-39(2)52-34-47(43-23-16-13-17-24-43)35-53(40(3)4)59(52)66-57-27-19-26-51(58(57)65-61(66)54-37-50(62(6,7)8)38-55(60(54)67)63(9,10)11)48-31-46(42-21-14-12-15-22-42)32-49(33-48)56-36-45(28-29-64-56)44-25-18-20-41(5)30-44/h12-40,67H,1-11H3/i5D3,28D,29D,36D. The second-order valence-corrected chi connectivity index (χ2v) is 20.5. The number of aromatic nitrogens is 3. The van der Waals surface area contributed by atoms with E-state index in [-0.39, 0.29) is 58.1 Å². The molecule has 0 radical (unpaired) electrons. The van der Waals surface area contributed by atoms with Crippen molar-refractivity contribution in [1.82, 2.24) is 14.5 Å². The van der Waals surface area contributed by atoms with Crippen molar-refractivity contribution in [2.24, 2.45) is 0 Å². The smallest absolute Gasteiger partial charge is 0.149 e. The average Bonchev–Trinajstić information content (AvgIpc) is 3.73. The van der Waals surface area contributed by atoms with Gasteiger partial charge in [-0.2, -0.15) is 0 Å². The van der Waals surface area contributed by atoms with E-state index in [2.05, 4.69) is 146 Å². The second kappa shape index (κ2) is 17.6. The number of phenols is 1. The van der Waals surface area contributed by atoms with Crippen molar-refractivity contribution in [3.8, 4) is 78.6 Å². The number of benzene rings is 7. The Morgan fingerprint density at radius 2 is 1.16 bits per heavy atom. The Morgan fingerprint density at radius 1 is 0.567 bits per heavy atom. The van der Waals surface area contributed by atoms with E-state index in [0.29, 0.717) is 28.0 Å². The minimum absolute atomic E-state index is 0.0789. The summed E-state index contributed by atoms with van der Waals surface area (Å²) in [5, 5.41) is 12.7. The molecule has 67 heavy (non-hydrogen) atoms. The Labute approximate surface area is 406 Å². The van der Waals surface area contributed by atoms with Crippen molar-refractivity contribution in [2.75, 3.05) is 0 Å². The number of hydrogen-bond donors (Lipinski definition) is 1. The van der Waals surface area contributed by atoms with Crippen LogP contribution in [0.4, 0.5) is 0 Å². The summed E-state index contributed by atoms with van der Waals surface area (Å²) in [7, 11) is 0. The highest BCUT2D eigenvalue weighted by Crippen LogP contribution is 2.47. The fourth-order valence-corrected chi connectivity index (χ4v) is 9.15. The molecule has 9 aromatic rings. The zero-order chi connectivity index (χ0) is 52.5. The fraction of sp³-hybridized carbons (Fsp3) is 0.238. The second-order valence-electron chi connectivity index (χ2n) is 20.5. The summed E-state index contributed by atoms with van der Waals surface area (Å²) >= 11 is 0. The van der Waals surface area contributed by atoms with Gasteiger partial charge in [0.15, 0.2) is 0 Å². The Hall–Kier alpha value is -7.04. The average molecular weight is 884 g/mol. The fourth-order valence-electron chi connectivity index (χ4n) is 9.15. The number of phenolic OH excluding ortho intramolecular Hbond substituents is 1. The molecule has 0 spiro atoms. The van der Waals surface area contributed by atoms with Gasteiger partial charge >= 0.3 is 0 Å². The van der Waals surface area contributed by atoms with Gasteiger partial charge in [-0.05, 0) is 140 Å². The van der Waals surface area contributed by atoms with Crippen LogP contribution in [0, 0.1) is 6.85 Å². The third-order valence-electron chi connectivity index (χ3n) is 12.8. The first kappa shape index (κ1) is 38.1. The lowest BCUT2D eigenvalue weighted by Crippen LogP contribution is -2.17. The van der Waals surface area contributed by atoms with Crippen LogP contribution >= 0.6 is 0 Å². The molecule has 2 aromatic heterocycles. The van der Waals surface area contributed by atoms with Gasteiger partial charge in [-0.1, -0.05) is 178 Å². The Balaban J connectivity index is 1.39. The zero-order valence-corrected chi connectivity index (χ0v) is 40.3. The van der Waals surface area contributed by atoms with Crippen molar-refractivity contribution in [3.05, 3.63) is 192 Å². The van der Waals surface area contributed by atoms with Gasteiger partial charge < -0.3 is 5.11 Å². The number of fused-ring (bicyclic) bond motifs is 1. The lowest BCUT2D eigenvalue weighted by Gasteiger charge is -2.28. The Kier molecular flexibility index (Phi) is 10.0. The molecule has 0 saturated carbocycles. The van der Waals surface area contributed by atoms with Crippen LogP contribution in [0.1, 0.15) is 117 Å². The molecule has 9 rings (SSSR count). The Morgan fingerprint density at radius 3 is 1.78 bits per heavy atom. The molecule has 4 heteroatoms. The summed E-state index contributed by atoms with van der Waals surface area (Å²) in [5.74, 6) is 0.984. The molecular formula is C63H63N3O. The van der Waals surface area contributed by atoms with Crippen molar-refractivity contribution < 1.29 is 13.3 Å². The molecule has 0 aliphatic heterocycles. The van der Waals surface area contributed by atoms with Crippen molar-refractivity contribution in [2.45, 2.75) is 98.8 Å². The minimum atomic E-state index is -2.41. The van der Waals surface area contributed by atoms with Crippen molar-refractivity contribution in [1.29, 1.82) is 0 Å². The van der Waals surface area contributed by atoms with E-state index in [1.54, 1.807) is 12.1 Å². The molecule has 0 amide bonds. The molecule has 4 nitrogen and oxygen atoms in total. The monoisotopic (exact) mass is 884 g/mol. The summed E-state index contributed by atoms with van der Waals surface area (Å²) in [6.07, 6.45) is -0.329. The number of aromatic hydroxyl groups is 1. The van der Waals surface area contributed by atoms with Gasteiger partial charge in [0, 0.05) is 27.0 Å². The van der Waals surface area contributed by atoms with Gasteiger partial charge in [0.05, 0.1) is 32.1 Å². The summed E-state index contributed by atoms with van der Waals surface area (Å²) in [6, 6.07) is 47.5. The highest BCUT2D eigenvalue weighted by Gasteiger charge is 2.31. The van der Waals surface area contributed by atoms with Crippen LogP contribution in [0.5, 0.6) is 5.75 Å². The SMILES string of the molecule is [2H]c1nc(-c2cc(-c3ccccc3)cc(-c3cccc4c3nc(-c3cc(C(C)(C)C)cc(C(C)(C)C)c3O)n4-c3c(C(C)C)cc(-c4ccccc4)cc3C(C)C)c2)c([2H])c(-c2cccc(C([2H])([2H])[2H])c2)c1[2H]. The predicted molar refractivity (Wildman–Crippen MR) is 283 cm³/mol. The molecule has 2 heterocycles. The summed E-state index contributed by atoms with van der Waals surface area (Å²) in [5.41, 5.74) is 13.6. The van der Waals surface area contributed by atoms with E-state index >= 15 is 0 Å². The molecular weight excluding hydrogens is 815 g/mol. The van der Waals surface area contributed by atoms with Gasteiger partial charge in [0.1, 0.15) is 11.6 Å². The third kappa shape index (κ3) is 8.86. The molecule has 336 valence electrons. The zero-order valence-electron chi connectivity index (χ0n) is 46.3. The van der Waals surface area contributed by atoms with E-state index in [1.165, 1.54) is 12.1 Å². The van der Waals surface area contributed by atoms with Crippen molar-refractivity contribution >= 4 is 11.0 Å². The number of rotatable bonds is 9. The maximum absolute atomic E-state index is 12.7. The number of para-hydroxylation sites is 1. The summed E-state index contributed by atoms with van der Waals surface area (Å²) < 4.78 is 54.1. The van der Waals surface area contributed by atoms with Gasteiger partial charge in [0.2, 0.25) is 0 Å². The molecule has 1 N–H and O–H groups in total. The number of nitrogens with zero attached hydrogens (tertiary/aromatic N) is 3. The molecule has 0 saturated heterocycles. The van der Waals surface area contributed by atoms with E-state index in [4.69, 9.17) is 11.8 Å². The van der Waals surface area contributed by atoms with Gasteiger partial charge in [0.25, 0.3) is 0 Å². The van der Waals surface area contributed by atoms with Gasteiger partial charge in [-0.25, -0.2) is 4.98 Å². The first-order valence-corrected chi connectivity index (χ1v) is 23.4. The maximum atomic E-state index is 12.7. The van der Waals surface area contributed by atoms with E-state index in [1.807, 2.05) is 54.6 Å². The largest absolute Gasteiger partial charge is 0.507 e. The van der Waals surface area contributed by atoms with Gasteiger partial charge in [-0.15, -0.1) is 0 Å². The normalized spacial score (nSPS) is 13.6. The van der Waals surface area contributed by atoms with Crippen LogP contribution in [-0.4, -0.2) is 19.6 Å². The number of pyridine rings is 1. The first-order chi connectivity index (χ1) is 34.4. The van der Waals surface area contributed by atoms with Crippen LogP contribution in [0.25, 0.3) is 83.9 Å². The molecule has 0 aliphatic rings. The quantitative estimate of drug-likeness (QED) is 0.157. The van der Waals surface area contributed by atoms with Crippen LogP contribution in [0.2, 0.25) is 0 Å². The van der Waals surface area contributed by atoms with E-state index in [0.717, 1.165) is 66.8 Å².